The van der Waals surface area contributed by atoms with Gasteiger partial charge < -0.3 is 15.8 Å². The van der Waals surface area contributed by atoms with Crippen LogP contribution in [0.25, 0.3) is 0 Å². The highest BCUT2D eigenvalue weighted by molar-refractivity contribution is 5.94. The molecule has 0 aromatic carbocycles. The molecule has 0 aliphatic carbocycles. The zero-order valence-corrected chi connectivity index (χ0v) is 11.2. The van der Waals surface area contributed by atoms with E-state index in [9.17, 15) is 4.79 Å². The standard InChI is InChI=1S/C13H21N3O2/c1-13(2,5-7-18-3)9-16-12(17)10-4-6-15-11(14)8-10/h4,6,8H,5,7,9H2,1-3H3,(H2,14,15)(H,16,17). The Bertz CT molecular complexity index is 405. The van der Waals surface area contributed by atoms with Gasteiger partial charge in [-0.25, -0.2) is 4.98 Å². The quantitative estimate of drug-likeness (QED) is 0.802. The summed E-state index contributed by atoms with van der Waals surface area (Å²) in [6.07, 6.45) is 2.42. The van der Waals surface area contributed by atoms with Crippen LogP contribution in [0, 0.1) is 5.41 Å². The smallest absolute Gasteiger partial charge is 0.251 e. The van der Waals surface area contributed by atoms with Gasteiger partial charge in [0.25, 0.3) is 5.91 Å². The summed E-state index contributed by atoms with van der Waals surface area (Å²) < 4.78 is 5.05. The van der Waals surface area contributed by atoms with E-state index in [1.165, 1.54) is 6.20 Å². The van der Waals surface area contributed by atoms with Crippen LogP contribution in [0.2, 0.25) is 0 Å². The lowest BCUT2D eigenvalue weighted by Crippen LogP contribution is -2.34. The zero-order chi connectivity index (χ0) is 13.6. The number of ether oxygens (including phenoxy) is 1. The number of nitrogen functional groups attached to an aromatic ring is 1. The fourth-order valence-electron chi connectivity index (χ4n) is 1.48. The monoisotopic (exact) mass is 251 g/mol. The molecule has 5 heteroatoms. The first-order chi connectivity index (χ1) is 8.44. The Kier molecular flexibility index (Phi) is 5.09. The Labute approximate surface area is 108 Å². The van der Waals surface area contributed by atoms with Crippen molar-refractivity contribution in [3.05, 3.63) is 23.9 Å². The van der Waals surface area contributed by atoms with Crippen LogP contribution in [0.4, 0.5) is 5.82 Å². The first kappa shape index (κ1) is 14.4. The van der Waals surface area contributed by atoms with Gasteiger partial charge in [0.1, 0.15) is 5.82 Å². The molecule has 0 aliphatic heterocycles. The van der Waals surface area contributed by atoms with Crippen LogP contribution >= 0.6 is 0 Å². The number of nitrogens with zero attached hydrogens (tertiary/aromatic N) is 1. The fourth-order valence-corrected chi connectivity index (χ4v) is 1.48. The summed E-state index contributed by atoms with van der Waals surface area (Å²) in [5.41, 5.74) is 6.07. The summed E-state index contributed by atoms with van der Waals surface area (Å²) in [7, 11) is 1.68. The van der Waals surface area contributed by atoms with Crippen molar-refractivity contribution >= 4 is 11.7 Å². The summed E-state index contributed by atoms with van der Waals surface area (Å²) in [5.74, 6) is 0.218. The predicted octanol–water partition coefficient (Wildman–Crippen LogP) is 1.46. The van der Waals surface area contributed by atoms with Gasteiger partial charge in [-0.15, -0.1) is 0 Å². The number of carbonyl (C=O) groups is 1. The largest absolute Gasteiger partial charge is 0.385 e. The molecule has 1 aromatic heterocycles. The molecule has 0 atom stereocenters. The maximum absolute atomic E-state index is 11.9. The molecule has 1 amide bonds. The molecule has 100 valence electrons. The molecule has 0 saturated carbocycles. The number of anilines is 1. The average molecular weight is 251 g/mol. The molecule has 5 nitrogen and oxygen atoms in total. The van der Waals surface area contributed by atoms with E-state index in [4.69, 9.17) is 10.5 Å². The van der Waals surface area contributed by atoms with Gasteiger partial charge in [-0.3, -0.25) is 4.79 Å². The van der Waals surface area contributed by atoms with Crippen molar-refractivity contribution in [1.82, 2.24) is 10.3 Å². The molecule has 1 heterocycles. The Balaban J connectivity index is 2.50. The van der Waals surface area contributed by atoms with Gasteiger partial charge in [-0.1, -0.05) is 13.8 Å². The Morgan fingerprint density at radius 2 is 2.28 bits per heavy atom. The number of hydrogen-bond donors (Lipinski definition) is 2. The number of carbonyl (C=O) groups excluding carboxylic acids is 1. The Morgan fingerprint density at radius 3 is 2.89 bits per heavy atom. The minimum atomic E-state index is -0.130. The summed E-state index contributed by atoms with van der Waals surface area (Å²) in [6, 6.07) is 3.21. The molecule has 0 radical (unpaired) electrons. The highest BCUT2D eigenvalue weighted by Gasteiger charge is 2.19. The van der Waals surface area contributed by atoms with Crippen molar-refractivity contribution in [2.75, 3.05) is 26.0 Å². The van der Waals surface area contributed by atoms with Gasteiger partial charge in [-0.05, 0) is 24.0 Å². The summed E-state index contributed by atoms with van der Waals surface area (Å²) in [5, 5.41) is 2.90. The normalized spacial score (nSPS) is 11.3. The third kappa shape index (κ3) is 4.71. The van der Waals surface area contributed by atoms with Crippen molar-refractivity contribution in [1.29, 1.82) is 0 Å². The molecular weight excluding hydrogens is 230 g/mol. The van der Waals surface area contributed by atoms with Crippen LogP contribution in [-0.2, 0) is 4.74 Å². The molecule has 0 saturated heterocycles. The lowest BCUT2D eigenvalue weighted by molar-refractivity contribution is 0.0921. The third-order valence-corrected chi connectivity index (χ3v) is 2.75. The SMILES string of the molecule is COCCC(C)(C)CNC(=O)c1ccnc(N)c1. The second kappa shape index (κ2) is 6.35. The highest BCUT2D eigenvalue weighted by atomic mass is 16.5. The lowest BCUT2D eigenvalue weighted by atomic mass is 9.89. The van der Waals surface area contributed by atoms with Gasteiger partial charge in [0, 0.05) is 32.0 Å². The molecule has 1 rings (SSSR count). The molecule has 18 heavy (non-hydrogen) atoms. The third-order valence-electron chi connectivity index (χ3n) is 2.75. The zero-order valence-electron chi connectivity index (χ0n) is 11.2. The summed E-state index contributed by atoms with van der Waals surface area (Å²) in [4.78, 5) is 15.7. The first-order valence-electron chi connectivity index (χ1n) is 5.93. The van der Waals surface area contributed by atoms with Gasteiger partial charge in [0.05, 0.1) is 0 Å². The topological polar surface area (TPSA) is 77.2 Å². The van der Waals surface area contributed by atoms with Crippen LogP contribution in [0.15, 0.2) is 18.3 Å². The predicted molar refractivity (Wildman–Crippen MR) is 71.3 cm³/mol. The number of methoxy groups -OCH3 is 1. The number of aromatic nitrogens is 1. The van der Waals surface area contributed by atoms with E-state index in [0.717, 1.165) is 6.42 Å². The molecule has 0 fully saturated rings. The van der Waals surface area contributed by atoms with E-state index in [1.807, 2.05) is 0 Å². The van der Waals surface area contributed by atoms with Crippen LogP contribution < -0.4 is 11.1 Å². The van der Waals surface area contributed by atoms with Crippen molar-refractivity contribution in [3.8, 4) is 0 Å². The molecule has 1 aromatic rings. The molecule has 0 aliphatic rings. The van der Waals surface area contributed by atoms with Crippen molar-refractivity contribution in [3.63, 3.8) is 0 Å². The number of nitrogens with two attached hydrogens (primary N) is 1. The van der Waals surface area contributed by atoms with E-state index >= 15 is 0 Å². The Hall–Kier alpha value is -1.62. The summed E-state index contributed by atoms with van der Waals surface area (Å²) >= 11 is 0. The number of hydrogen-bond acceptors (Lipinski definition) is 4. The van der Waals surface area contributed by atoms with Crippen LogP contribution in [-0.4, -0.2) is 31.2 Å². The van der Waals surface area contributed by atoms with Gasteiger partial charge >= 0.3 is 0 Å². The number of amides is 1. The van der Waals surface area contributed by atoms with E-state index < -0.39 is 0 Å². The van der Waals surface area contributed by atoms with E-state index in [2.05, 4.69) is 24.1 Å². The molecule has 0 bridgehead atoms. The van der Waals surface area contributed by atoms with Crippen molar-refractivity contribution < 1.29 is 9.53 Å². The molecule has 3 N–H and O–H groups in total. The van der Waals surface area contributed by atoms with Crippen LogP contribution in [0.5, 0.6) is 0 Å². The minimum absolute atomic E-state index is 0.00421. The Morgan fingerprint density at radius 1 is 1.56 bits per heavy atom. The molecular formula is C13H21N3O2. The van der Waals surface area contributed by atoms with E-state index in [-0.39, 0.29) is 11.3 Å². The van der Waals surface area contributed by atoms with Crippen molar-refractivity contribution in [2.45, 2.75) is 20.3 Å². The van der Waals surface area contributed by atoms with Crippen LogP contribution in [0.1, 0.15) is 30.6 Å². The highest BCUT2D eigenvalue weighted by Crippen LogP contribution is 2.18. The molecule has 0 unspecified atom stereocenters. The second-order valence-corrected chi connectivity index (χ2v) is 5.06. The number of rotatable bonds is 6. The number of pyridine rings is 1. The first-order valence-corrected chi connectivity index (χ1v) is 5.93. The van der Waals surface area contributed by atoms with Crippen LogP contribution in [0.3, 0.4) is 0 Å². The number of nitrogens with one attached hydrogen (secondary N) is 1. The van der Waals surface area contributed by atoms with E-state index in [1.54, 1.807) is 19.2 Å². The maximum Gasteiger partial charge on any atom is 0.251 e. The maximum atomic E-state index is 11.9. The average Bonchev–Trinajstić information content (AvgIpc) is 2.34. The summed E-state index contributed by atoms with van der Waals surface area (Å²) in [6.45, 7) is 5.46. The lowest BCUT2D eigenvalue weighted by Gasteiger charge is -2.24. The van der Waals surface area contributed by atoms with Gasteiger partial charge in [0.2, 0.25) is 0 Å². The fraction of sp³-hybridized carbons (Fsp3) is 0.538. The van der Waals surface area contributed by atoms with E-state index in [0.29, 0.717) is 24.5 Å². The minimum Gasteiger partial charge on any atom is -0.385 e. The molecule has 0 spiro atoms. The van der Waals surface area contributed by atoms with Crippen molar-refractivity contribution in [2.24, 2.45) is 5.41 Å². The second-order valence-electron chi connectivity index (χ2n) is 5.06. The van der Waals surface area contributed by atoms with Gasteiger partial charge in [0.15, 0.2) is 0 Å². The van der Waals surface area contributed by atoms with Gasteiger partial charge in [-0.2, -0.15) is 0 Å².